The van der Waals surface area contributed by atoms with Gasteiger partial charge in [-0.05, 0) is 47.4 Å². The summed E-state index contributed by atoms with van der Waals surface area (Å²) in [5, 5.41) is 6.80. The topological polar surface area (TPSA) is 56.7 Å². The highest BCUT2D eigenvalue weighted by Crippen LogP contribution is 2.16. The Balaban J connectivity index is 1.40. The Morgan fingerprint density at radius 2 is 1.84 bits per heavy atom. The zero-order valence-electron chi connectivity index (χ0n) is 19.2. The predicted octanol–water partition coefficient (Wildman–Crippen LogP) is 4.23. The molecular weight excluding hydrogens is 384 g/mol. The third-order valence-electron chi connectivity index (χ3n) is 5.80. The Morgan fingerprint density at radius 1 is 1.06 bits per heavy atom. The predicted molar refractivity (Wildman–Crippen MR) is 128 cm³/mol. The Hall–Kier alpha value is -2.82. The highest BCUT2D eigenvalue weighted by atomic mass is 16.2. The average molecular weight is 421 g/mol. The van der Waals surface area contributed by atoms with Gasteiger partial charge in [-0.2, -0.15) is 0 Å². The molecule has 1 amide bonds. The van der Waals surface area contributed by atoms with E-state index in [4.69, 9.17) is 0 Å². The molecule has 1 aliphatic heterocycles. The number of likely N-dealkylation sites (tertiary alicyclic amines) is 1. The number of nitrogens with one attached hydrogen (secondary N) is 2. The molecule has 0 aromatic heterocycles. The van der Waals surface area contributed by atoms with E-state index in [1.54, 1.807) is 7.05 Å². The van der Waals surface area contributed by atoms with Gasteiger partial charge in [-0.3, -0.25) is 9.79 Å². The van der Waals surface area contributed by atoms with Gasteiger partial charge in [0.1, 0.15) is 0 Å². The molecule has 2 N–H and O–H groups in total. The van der Waals surface area contributed by atoms with E-state index in [-0.39, 0.29) is 5.91 Å². The zero-order valence-corrected chi connectivity index (χ0v) is 19.2. The molecule has 0 unspecified atom stereocenters. The SMILES string of the molecule is CN=C(NCCCc1ccc(C(C)C)cc1)NCc1cccc(CN2CCCC2=O)c1. The van der Waals surface area contributed by atoms with E-state index < -0.39 is 0 Å². The van der Waals surface area contributed by atoms with E-state index in [0.29, 0.717) is 25.4 Å². The number of aliphatic imine (C=N–C) groups is 1. The van der Waals surface area contributed by atoms with Gasteiger partial charge in [0.05, 0.1) is 0 Å². The molecule has 1 heterocycles. The van der Waals surface area contributed by atoms with Crippen molar-refractivity contribution in [1.29, 1.82) is 0 Å². The van der Waals surface area contributed by atoms with Crippen LogP contribution in [0.2, 0.25) is 0 Å². The fourth-order valence-corrected chi connectivity index (χ4v) is 3.90. The van der Waals surface area contributed by atoms with Crippen molar-refractivity contribution in [2.24, 2.45) is 4.99 Å². The van der Waals surface area contributed by atoms with E-state index in [2.05, 4.69) is 78.0 Å². The maximum Gasteiger partial charge on any atom is 0.222 e. The van der Waals surface area contributed by atoms with Crippen molar-refractivity contribution < 1.29 is 4.79 Å². The summed E-state index contributed by atoms with van der Waals surface area (Å²) in [6.07, 6.45) is 3.78. The fraction of sp³-hybridized carbons (Fsp3) is 0.462. The fourth-order valence-electron chi connectivity index (χ4n) is 3.90. The van der Waals surface area contributed by atoms with Gasteiger partial charge >= 0.3 is 0 Å². The molecule has 0 atom stereocenters. The number of guanidine groups is 1. The van der Waals surface area contributed by atoms with Crippen molar-refractivity contribution in [3.05, 3.63) is 70.8 Å². The lowest BCUT2D eigenvalue weighted by atomic mass is 10.0. The van der Waals surface area contributed by atoms with Crippen molar-refractivity contribution in [2.45, 2.75) is 58.5 Å². The van der Waals surface area contributed by atoms with Crippen LogP contribution in [0.1, 0.15) is 61.3 Å². The number of aryl methyl sites for hydroxylation is 1. The molecule has 0 saturated carbocycles. The Kier molecular flexibility index (Phi) is 8.51. The Labute approximate surface area is 187 Å². The summed E-state index contributed by atoms with van der Waals surface area (Å²) >= 11 is 0. The van der Waals surface area contributed by atoms with E-state index in [0.717, 1.165) is 38.3 Å². The molecule has 0 radical (unpaired) electrons. The highest BCUT2D eigenvalue weighted by Gasteiger charge is 2.19. The minimum Gasteiger partial charge on any atom is -0.356 e. The Bertz CT molecular complexity index is 873. The number of hydrogen-bond acceptors (Lipinski definition) is 2. The third kappa shape index (κ3) is 7.12. The van der Waals surface area contributed by atoms with Gasteiger partial charge in [0.25, 0.3) is 0 Å². The normalized spacial score (nSPS) is 14.4. The van der Waals surface area contributed by atoms with E-state index in [9.17, 15) is 4.79 Å². The summed E-state index contributed by atoms with van der Waals surface area (Å²) < 4.78 is 0. The summed E-state index contributed by atoms with van der Waals surface area (Å²) in [7, 11) is 1.80. The van der Waals surface area contributed by atoms with Crippen LogP contribution < -0.4 is 10.6 Å². The number of amides is 1. The molecule has 5 heteroatoms. The number of benzene rings is 2. The smallest absolute Gasteiger partial charge is 0.222 e. The summed E-state index contributed by atoms with van der Waals surface area (Å²) in [4.78, 5) is 18.1. The monoisotopic (exact) mass is 420 g/mol. The maximum atomic E-state index is 11.9. The van der Waals surface area contributed by atoms with Crippen LogP contribution >= 0.6 is 0 Å². The van der Waals surface area contributed by atoms with E-state index in [1.165, 1.54) is 22.3 Å². The van der Waals surface area contributed by atoms with Gasteiger partial charge < -0.3 is 15.5 Å². The number of carbonyl (C=O) groups excluding carboxylic acids is 1. The van der Waals surface area contributed by atoms with Crippen LogP contribution in [-0.2, 0) is 24.3 Å². The number of rotatable bonds is 9. The first-order valence-corrected chi connectivity index (χ1v) is 11.4. The van der Waals surface area contributed by atoms with Crippen molar-refractivity contribution in [1.82, 2.24) is 15.5 Å². The molecule has 2 aromatic rings. The van der Waals surface area contributed by atoms with Crippen molar-refractivity contribution >= 4 is 11.9 Å². The molecular formula is C26H36N4O. The lowest BCUT2D eigenvalue weighted by Crippen LogP contribution is -2.37. The van der Waals surface area contributed by atoms with Gasteiger partial charge in [-0.25, -0.2) is 0 Å². The molecule has 1 saturated heterocycles. The van der Waals surface area contributed by atoms with Gasteiger partial charge in [0.2, 0.25) is 5.91 Å². The molecule has 5 nitrogen and oxygen atoms in total. The van der Waals surface area contributed by atoms with Gasteiger partial charge in [0.15, 0.2) is 5.96 Å². The quantitative estimate of drug-likeness (QED) is 0.363. The van der Waals surface area contributed by atoms with Crippen LogP contribution in [-0.4, -0.2) is 36.9 Å². The third-order valence-corrected chi connectivity index (χ3v) is 5.80. The summed E-state index contributed by atoms with van der Waals surface area (Å²) in [5.41, 5.74) is 5.14. The van der Waals surface area contributed by atoms with Crippen molar-refractivity contribution in [3.8, 4) is 0 Å². The molecule has 0 spiro atoms. The molecule has 1 aliphatic rings. The molecule has 0 bridgehead atoms. The molecule has 2 aromatic carbocycles. The Morgan fingerprint density at radius 3 is 2.52 bits per heavy atom. The summed E-state index contributed by atoms with van der Waals surface area (Å²) in [6.45, 7) is 7.61. The summed E-state index contributed by atoms with van der Waals surface area (Å²) in [5.74, 6) is 1.66. The minimum absolute atomic E-state index is 0.268. The van der Waals surface area contributed by atoms with Crippen LogP contribution in [0.15, 0.2) is 53.5 Å². The van der Waals surface area contributed by atoms with E-state index >= 15 is 0 Å². The number of hydrogen-bond donors (Lipinski definition) is 2. The standard InChI is InChI=1S/C26H36N4O/c1-20(2)24-13-11-21(12-14-24)9-5-15-28-26(27-3)29-18-22-7-4-8-23(17-22)19-30-16-6-10-25(30)31/h4,7-8,11-14,17,20H,5-6,9-10,15-16,18-19H2,1-3H3,(H2,27,28,29). The van der Waals surface area contributed by atoms with Crippen LogP contribution in [0.25, 0.3) is 0 Å². The average Bonchev–Trinajstić information content (AvgIpc) is 3.18. The van der Waals surface area contributed by atoms with E-state index in [1.807, 2.05) is 4.90 Å². The van der Waals surface area contributed by atoms with Crippen LogP contribution in [0.3, 0.4) is 0 Å². The van der Waals surface area contributed by atoms with Crippen LogP contribution in [0, 0.1) is 0 Å². The van der Waals surface area contributed by atoms with Gasteiger partial charge in [0, 0.05) is 39.6 Å². The molecule has 166 valence electrons. The van der Waals surface area contributed by atoms with Crippen molar-refractivity contribution in [3.63, 3.8) is 0 Å². The molecule has 3 rings (SSSR count). The lowest BCUT2D eigenvalue weighted by molar-refractivity contribution is -0.128. The van der Waals surface area contributed by atoms with Crippen LogP contribution in [0.5, 0.6) is 0 Å². The van der Waals surface area contributed by atoms with Crippen molar-refractivity contribution in [2.75, 3.05) is 20.1 Å². The molecule has 0 aliphatic carbocycles. The summed E-state index contributed by atoms with van der Waals surface area (Å²) in [6, 6.07) is 17.4. The molecule has 31 heavy (non-hydrogen) atoms. The maximum absolute atomic E-state index is 11.9. The van der Waals surface area contributed by atoms with Crippen LogP contribution in [0.4, 0.5) is 0 Å². The zero-order chi connectivity index (χ0) is 22.1. The first kappa shape index (κ1) is 22.9. The van der Waals surface area contributed by atoms with Gasteiger partial charge in [-0.15, -0.1) is 0 Å². The number of nitrogens with zero attached hydrogens (tertiary/aromatic N) is 2. The second kappa shape index (κ2) is 11.5. The first-order chi connectivity index (χ1) is 15.0. The van der Waals surface area contributed by atoms with Gasteiger partial charge in [-0.1, -0.05) is 62.4 Å². The second-order valence-corrected chi connectivity index (χ2v) is 8.59. The number of carbonyl (C=O) groups is 1. The first-order valence-electron chi connectivity index (χ1n) is 11.4. The lowest BCUT2D eigenvalue weighted by Gasteiger charge is -2.16. The highest BCUT2D eigenvalue weighted by molar-refractivity contribution is 5.79. The minimum atomic E-state index is 0.268. The largest absolute Gasteiger partial charge is 0.356 e. The second-order valence-electron chi connectivity index (χ2n) is 8.59. The molecule has 1 fully saturated rings.